The molecule has 0 aromatic rings. The molecule has 0 radical (unpaired) electrons. The zero-order valence-corrected chi connectivity index (χ0v) is 70.3. The average molecular weight is 1460 g/mol. The van der Waals surface area contributed by atoms with Crippen molar-refractivity contribution in [3.63, 3.8) is 0 Å². The zero-order valence-electron chi connectivity index (χ0n) is 69.4. The second-order valence-corrected chi connectivity index (χ2v) is 34.1. The van der Waals surface area contributed by atoms with E-state index >= 15 is 0 Å². The van der Waals surface area contributed by atoms with Crippen molar-refractivity contribution in [3.05, 3.63) is 36.5 Å². The minimum Gasteiger partial charge on any atom is -0.462 e. The van der Waals surface area contributed by atoms with Crippen molar-refractivity contribution in [3.8, 4) is 0 Å². The van der Waals surface area contributed by atoms with Gasteiger partial charge in [0.25, 0.3) is 0 Å². The third kappa shape index (κ3) is 87.1. The topological polar surface area (TPSA) is 108 Å². The SMILES string of the molecule is CCCCCCC/C=C\C/C=C\CCCCCCCCCCCCCCCCCCCCCCCCCCCCCC(=O)OC(COC(=O)CCCCCCCCCCCCCCCCCCCCCCCCCCCCC/C=C\CCCCCCCCCC)COP(=O)(O)OCC[N+](C)(C)C. The molecule has 0 aromatic heterocycles. The van der Waals surface area contributed by atoms with Crippen molar-refractivity contribution < 1.29 is 42.1 Å². The fraction of sp³-hybridized carbons (Fsp3) is 0.913. The summed E-state index contributed by atoms with van der Waals surface area (Å²) in [5.74, 6) is -0.766. The van der Waals surface area contributed by atoms with Crippen molar-refractivity contribution in [2.75, 3.05) is 47.5 Å². The molecule has 604 valence electrons. The number of carbonyl (C=O) groups is 2. The van der Waals surface area contributed by atoms with E-state index < -0.39 is 26.5 Å². The third-order valence-electron chi connectivity index (χ3n) is 21.1. The molecule has 0 saturated carbocycles. The van der Waals surface area contributed by atoms with Gasteiger partial charge in [-0.3, -0.25) is 18.6 Å². The lowest BCUT2D eigenvalue weighted by Crippen LogP contribution is -2.37. The first-order chi connectivity index (χ1) is 50.0. The van der Waals surface area contributed by atoms with Crippen LogP contribution in [0.2, 0.25) is 0 Å². The number of carbonyl (C=O) groups excluding carboxylic acids is 2. The van der Waals surface area contributed by atoms with Gasteiger partial charge in [0, 0.05) is 12.8 Å². The van der Waals surface area contributed by atoms with Gasteiger partial charge in [-0.2, -0.15) is 0 Å². The van der Waals surface area contributed by atoms with Crippen LogP contribution in [0, 0.1) is 0 Å². The van der Waals surface area contributed by atoms with E-state index in [4.69, 9.17) is 18.5 Å². The molecule has 0 aliphatic rings. The maximum atomic E-state index is 13.0. The van der Waals surface area contributed by atoms with Crippen LogP contribution in [-0.4, -0.2) is 74.9 Å². The number of allylic oxidation sites excluding steroid dienone is 6. The molecule has 2 atom stereocenters. The highest BCUT2D eigenvalue weighted by Crippen LogP contribution is 2.43. The van der Waals surface area contributed by atoms with Crippen molar-refractivity contribution in [1.82, 2.24) is 0 Å². The van der Waals surface area contributed by atoms with Crippen LogP contribution in [-0.2, 0) is 32.7 Å². The largest absolute Gasteiger partial charge is 0.472 e. The molecule has 0 amide bonds. The van der Waals surface area contributed by atoms with Crippen LogP contribution in [0.25, 0.3) is 0 Å². The Hall–Kier alpha value is -1.77. The Labute approximate surface area is 637 Å². The number of hydrogen-bond donors (Lipinski definition) is 1. The lowest BCUT2D eigenvalue weighted by atomic mass is 10.0. The molecule has 0 fully saturated rings. The Balaban J connectivity index is 3.82. The maximum Gasteiger partial charge on any atom is 0.472 e. The van der Waals surface area contributed by atoms with E-state index in [1.54, 1.807) is 0 Å². The van der Waals surface area contributed by atoms with Gasteiger partial charge in [0.05, 0.1) is 27.7 Å². The second kappa shape index (κ2) is 83.3. The van der Waals surface area contributed by atoms with E-state index in [0.29, 0.717) is 17.4 Å². The van der Waals surface area contributed by atoms with Crippen LogP contribution in [0.15, 0.2) is 36.5 Å². The highest BCUT2D eigenvalue weighted by Gasteiger charge is 2.27. The van der Waals surface area contributed by atoms with Gasteiger partial charge in [-0.1, -0.05) is 442 Å². The molecular weight excluding hydrogens is 1280 g/mol. The molecule has 0 aromatic carbocycles. The smallest absolute Gasteiger partial charge is 0.462 e. The fourth-order valence-electron chi connectivity index (χ4n) is 14.2. The molecule has 0 aliphatic heterocycles. The van der Waals surface area contributed by atoms with Crippen LogP contribution in [0.4, 0.5) is 0 Å². The van der Waals surface area contributed by atoms with E-state index in [1.165, 1.54) is 417 Å². The Morgan fingerprint density at radius 1 is 0.304 bits per heavy atom. The highest BCUT2D eigenvalue weighted by atomic mass is 31.2. The molecule has 0 heterocycles. The molecule has 2 unspecified atom stereocenters. The summed E-state index contributed by atoms with van der Waals surface area (Å²) in [6, 6.07) is 0. The molecule has 102 heavy (non-hydrogen) atoms. The van der Waals surface area contributed by atoms with E-state index in [9.17, 15) is 19.0 Å². The normalized spacial score (nSPS) is 13.0. The van der Waals surface area contributed by atoms with Gasteiger partial charge >= 0.3 is 19.8 Å². The van der Waals surface area contributed by atoms with Crippen LogP contribution in [0.5, 0.6) is 0 Å². The first kappa shape index (κ1) is 100. The van der Waals surface area contributed by atoms with Gasteiger partial charge < -0.3 is 18.9 Å². The Morgan fingerprint density at radius 2 is 0.529 bits per heavy atom. The lowest BCUT2D eigenvalue weighted by molar-refractivity contribution is -0.870. The molecule has 0 bridgehead atoms. The predicted octanol–water partition coefficient (Wildman–Crippen LogP) is 30.9. The van der Waals surface area contributed by atoms with Crippen molar-refractivity contribution >= 4 is 19.8 Å². The van der Waals surface area contributed by atoms with E-state index in [0.717, 1.165) is 44.9 Å². The number of hydrogen-bond acceptors (Lipinski definition) is 7. The second-order valence-electron chi connectivity index (χ2n) is 32.7. The van der Waals surface area contributed by atoms with Crippen LogP contribution >= 0.6 is 7.82 Å². The summed E-state index contributed by atoms with van der Waals surface area (Å²) in [6.45, 7) is 4.52. The Kier molecular flexibility index (Phi) is 81.8. The summed E-state index contributed by atoms with van der Waals surface area (Å²) < 4.78 is 34.9. The first-order valence-corrected chi connectivity index (χ1v) is 47.2. The fourth-order valence-corrected chi connectivity index (χ4v) is 14.9. The minimum atomic E-state index is -4.39. The minimum absolute atomic E-state index is 0.0361. The van der Waals surface area contributed by atoms with Crippen molar-refractivity contribution in [2.24, 2.45) is 0 Å². The lowest BCUT2D eigenvalue weighted by Gasteiger charge is -2.24. The molecule has 0 spiro atoms. The number of ether oxygens (including phenoxy) is 2. The summed E-state index contributed by atoms with van der Waals surface area (Å²) in [6.07, 6.45) is 111. The number of unbranched alkanes of at least 4 members (excludes halogenated alkanes) is 67. The molecule has 9 nitrogen and oxygen atoms in total. The molecule has 0 rings (SSSR count). The van der Waals surface area contributed by atoms with Gasteiger partial charge in [0.2, 0.25) is 0 Å². The summed E-state index contributed by atoms with van der Waals surface area (Å²) in [7, 11) is 1.51. The summed E-state index contributed by atoms with van der Waals surface area (Å²) in [5.41, 5.74) is 0. The first-order valence-electron chi connectivity index (χ1n) is 45.7. The number of likely N-dealkylation sites (N-methyl/N-ethyl adjacent to an activating group) is 1. The number of quaternary nitrogens is 1. The number of esters is 2. The molecule has 0 aliphatic carbocycles. The van der Waals surface area contributed by atoms with Crippen molar-refractivity contribution in [1.29, 1.82) is 0 Å². The van der Waals surface area contributed by atoms with E-state index in [1.807, 2.05) is 21.1 Å². The van der Waals surface area contributed by atoms with Gasteiger partial charge in [0.15, 0.2) is 6.10 Å². The summed E-state index contributed by atoms with van der Waals surface area (Å²) in [5, 5.41) is 0. The molecular formula is C92H179NO8P+. The predicted molar refractivity (Wildman–Crippen MR) is 446 cm³/mol. The standard InChI is InChI=1S/C92H178NO8P/c1-6-8-10-12-14-16-18-20-22-24-26-28-30-32-34-36-38-40-42-44-46-48-50-52-54-56-58-60-62-64-66-68-70-72-74-76-78-80-82-84-91(94)98-88-90(89-100-102(96,97)99-87-86-93(3,4)5)101-92(95)85-83-81-79-77-75-73-71-69-67-65-63-61-59-57-55-53-51-49-47-45-43-41-39-37-35-33-31-29-27-25-23-21-19-17-15-13-11-9-7-2/h19,21,24-27,90H,6-18,20,22-23,28-89H2,1-5H3/p+1/b21-19-,26-24-,27-25-. The summed E-state index contributed by atoms with van der Waals surface area (Å²) in [4.78, 5) is 36.1. The highest BCUT2D eigenvalue weighted by molar-refractivity contribution is 7.47. The number of phosphoric acid groups is 1. The van der Waals surface area contributed by atoms with E-state index in [-0.39, 0.29) is 25.6 Å². The van der Waals surface area contributed by atoms with E-state index in [2.05, 4.69) is 50.3 Å². The summed E-state index contributed by atoms with van der Waals surface area (Å²) >= 11 is 0. The van der Waals surface area contributed by atoms with Gasteiger partial charge in [-0.25, -0.2) is 4.57 Å². The van der Waals surface area contributed by atoms with Gasteiger partial charge in [-0.05, 0) is 70.6 Å². The van der Waals surface area contributed by atoms with Crippen LogP contribution in [0.3, 0.4) is 0 Å². The zero-order chi connectivity index (χ0) is 74.0. The quantitative estimate of drug-likeness (QED) is 0.0211. The van der Waals surface area contributed by atoms with Gasteiger partial charge in [-0.15, -0.1) is 0 Å². The van der Waals surface area contributed by atoms with Crippen LogP contribution in [0.1, 0.15) is 489 Å². The number of rotatable bonds is 87. The maximum absolute atomic E-state index is 13.0. The Morgan fingerprint density at radius 3 is 0.784 bits per heavy atom. The molecule has 0 saturated heterocycles. The third-order valence-corrected chi connectivity index (χ3v) is 22.1. The Bertz CT molecular complexity index is 1810. The molecule has 10 heteroatoms. The number of phosphoric ester groups is 1. The van der Waals surface area contributed by atoms with Crippen molar-refractivity contribution in [2.45, 2.75) is 495 Å². The average Bonchev–Trinajstić information content (AvgIpc) is 0.914. The van der Waals surface area contributed by atoms with Crippen LogP contribution < -0.4 is 0 Å². The molecule has 1 N–H and O–H groups in total. The monoisotopic (exact) mass is 1460 g/mol. The van der Waals surface area contributed by atoms with Gasteiger partial charge in [0.1, 0.15) is 19.8 Å². The number of nitrogens with zero attached hydrogens (tertiary/aromatic N) is 1.